The van der Waals surface area contributed by atoms with E-state index in [9.17, 15) is 8.42 Å². The summed E-state index contributed by atoms with van der Waals surface area (Å²) in [5.74, 6) is 0. The Kier molecular flexibility index (Phi) is 4.10. The molecule has 1 fully saturated rings. The topological polar surface area (TPSA) is 58.2 Å². The fraction of sp³-hybridized carbons (Fsp3) is 0.462. The highest BCUT2D eigenvalue weighted by atomic mass is 32.2. The molecule has 2 N–H and O–H groups in total. The Morgan fingerprint density at radius 1 is 1.32 bits per heavy atom. The number of hydrogen-bond acceptors (Lipinski definition) is 3. The van der Waals surface area contributed by atoms with Crippen LogP contribution in [0, 0.1) is 0 Å². The molecular formula is C13H18N2O2S2. The molecule has 1 aromatic carbocycles. The lowest BCUT2D eigenvalue weighted by atomic mass is 10.1. The molecule has 0 radical (unpaired) electrons. The van der Waals surface area contributed by atoms with Crippen molar-refractivity contribution in [3.05, 3.63) is 29.8 Å². The van der Waals surface area contributed by atoms with Gasteiger partial charge in [0, 0.05) is 12.3 Å². The molecule has 1 aliphatic rings. The number of hydrogen-bond donors (Lipinski definition) is 2. The Labute approximate surface area is 119 Å². The van der Waals surface area contributed by atoms with Crippen molar-refractivity contribution >= 4 is 27.2 Å². The SMILES string of the molecule is C[C@@H](NC(=S)NC1CC1)c1ccc(S(C)(=O)=O)cc1. The van der Waals surface area contributed by atoms with Crippen molar-refractivity contribution < 1.29 is 8.42 Å². The molecule has 1 saturated carbocycles. The molecule has 0 bridgehead atoms. The predicted molar refractivity (Wildman–Crippen MR) is 79.9 cm³/mol. The Morgan fingerprint density at radius 2 is 1.89 bits per heavy atom. The number of sulfone groups is 1. The van der Waals surface area contributed by atoms with Crippen molar-refractivity contribution in [1.82, 2.24) is 10.6 Å². The monoisotopic (exact) mass is 298 g/mol. The van der Waals surface area contributed by atoms with Crippen molar-refractivity contribution in [2.75, 3.05) is 6.26 Å². The molecular weight excluding hydrogens is 280 g/mol. The Morgan fingerprint density at radius 3 is 2.37 bits per heavy atom. The lowest BCUT2D eigenvalue weighted by molar-refractivity contribution is 0.601. The smallest absolute Gasteiger partial charge is 0.175 e. The highest BCUT2D eigenvalue weighted by Crippen LogP contribution is 2.19. The van der Waals surface area contributed by atoms with Crippen LogP contribution in [0.1, 0.15) is 31.4 Å². The molecule has 1 atom stereocenters. The van der Waals surface area contributed by atoms with Gasteiger partial charge in [0.25, 0.3) is 0 Å². The maximum atomic E-state index is 11.4. The van der Waals surface area contributed by atoms with E-state index in [2.05, 4.69) is 10.6 Å². The summed E-state index contributed by atoms with van der Waals surface area (Å²) in [6.07, 6.45) is 3.57. The highest BCUT2D eigenvalue weighted by Gasteiger charge is 2.22. The van der Waals surface area contributed by atoms with Crippen LogP contribution in [0.3, 0.4) is 0 Å². The number of benzene rings is 1. The number of thiocarbonyl (C=S) groups is 1. The third kappa shape index (κ3) is 4.18. The van der Waals surface area contributed by atoms with Crippen molar-refractivity contribution in [3.8, 4) is 0 Å². The second-order valence-corrected chi connectivity index (χ2v) is 7.38. The van der Waals surface area contributed by atoms with Gasteiger partial charge >= 0.3 is 0 Å². The maximum Gasteiger partial charge on any atom is 0.175 e. The van der Waals surface area contributed by atoms with E-state index in [-0.39, 0.29) is 6.04 Å². The van der Waals surface area contributed by atoms with Crippen LogP contribution in [0.15, 0.2) is 29.2 Å². The van der Waals surface area contributed by atoms with Crippen molar-refractivity contribution in [3.63, 3.8) is 0 Å². The van der Waals surface area contributed by atoms with Crippen molar-refractivity contribution in [1.29, 1.82) is 0 Å². The molecule has 0 aliphatic heterocycles. The van der Waals surface area contributed by atoms with Gasteiger partial charge in [0.15, 0.2) is 14.9 Å². The van der Waals surface area contributed by atoms with E-state index in [1.807, 2.05) is 19.1 Å². The minimum absolute atomic E-state index is 0.0485. The van der Waals surface area contributed by atoms with Crippen LogP contribution >= 0.6 is 12.2 Å². The van der Waals surface area contributed by atoms with E-state index in [0.717, 1.165) is 5.56 Å². The molecule has 19 heavy (non-hydrogen) atoms. The summed E-state index contributed by atoms with van der Waals surface area (Å²) in [6, 6.07) is 7.45. The van der Waals surface area contributed by atoms with E-state index >= 15 is 0 Å². The molecule has 104 valence electrons. The molecule has 0 unspecified atom stereocenters. The van der Waals surface area contributed by atoms with Crippen molar-refractivity contribution in [2.24, 2.45) is 0 Å². The minimum Gasteiger partial charge on any atom is -0.360 e. The van der Waals surface area contributed by atoms with Gasteiger partial charge in [0.05, 0.1) is 10.9 Å². The fourth-order valence-corrected chi connectivity index (χ4v) is 2.71. The summed E-state index contributed by atoms with van der Waals surface area (Å²) >= 11 is 5.21. The molecule has 1 aromatic rings. The van der Waals surface area contributed by atoms with Gasteiger partial charge in [-0.3, -0.25) is 0 Å². The second kappa shape index (κ2) is 5.46. The molecule has 0 heterocycles. The molecule has 0 saturated heterocycles. The maximum absolute atomic E-state index is 11.4. The van der Waals surface area contributed by atoms with Gasteiger partial charge in [-0.15, -0.1) is 0 Å². The van der Waals surface area contributed by atoms with E-state index in [1.165, 1.54) is 19.1 Å². The third-order valence-corrected chi connectivity index (χ3v) is 4.43. The van der Waals surface area contributed by atoms with E-state index in [1.54, 1.807) is 12.1 Å². The molecule has 6 heteroatoms. The fourth-order valence-electron chi connectivity index (χ4n) is 1.74. The van der Waals surface area contributed by atoms with Gasteiger partial charge in [0.1, 0.15) is 0 Å². The number of rotatable bonds is 4. The Hall–Kier alpha value is -1.14. The molecule has 1 aliphatic carbocycles. The Bertz CT molecular complexity index is 563. The summed E-state index contributed by atoms with van der Waals surface area (Å²) in [4.78, 5) is 0.335. The van der Waals surface area contributed by atoms with Crippen LogP contribution in [-0.4, -0.2) is 25.8 Å². The quantitative estimate of drug-likeness (QED) is 0.830. The zero-order chi connectivity index (χ0) is 14.0. The minimum atomic E-state index is -3.13. The zero-order valence-electron chi connectivity index (χ0n) is 11.0. The van der Waals surface area contributed by atoms with Gasteiger partial charge in [0.2, 0.25) is 0 Å². The first-order valence-corrected chi connectivity index (χ1v) is 8.53. The van der Waals surface area contributed by atoms with Gasteiger partial charge in [-0.05, 0) is 49.7 Å². The van der Waals surface area contributed by atoms with Gasteiger partial charge < -0.3 is 10.6 Å². The van der Waals surface area contributed by atoms with Gasteiger partial charge in [-0.25, -0.2) is 8.42 Å². The van der Waals surface area contributed by atoms with Crippen LogP contribution in [0.5, 0.6) is 0 Å². The van der Waals surface area contributed by atoms with Crippen LogP contribution in [0.4, 0.5) is 0 Å². The van der Waals surface area contributed by atoms with Crippen LogP contribution in [0.25, 0.3) is 0 Å². The summed E-state index contributed by atoms with van der Waals surface area (Å²) in [6.45, 7) is 2.00. The zero-order valence-corrected chi connectivity index (χ0v) is 12.6. The predicted octanol–water partition coefficient (Wildman–Crippen LogP) is 1.78. The average molecular weight is 298 g/mol. The van der Waals surface area contributed by atoms with Crippen LogP contribution in [0.2, 0.25) is 0 Å². The van der Waals surface area contributed by atoms with Gasteiger partial charge in [-0.1, -0.05) is 12.1 Å². The summed E-state index contributed by atoms with van der Waals surface area (Å²) in [5, 5.41) is 7.07. The standard InChI is InChI=1S/C13H18N2O2S2/c1-9(14-13(18)15-11-5-6-11)10-3-7-12(8-4-10)19(2,16)17/h3-4,7-9,11H,5-6H2,1-2H3,(H2,14,15,18)/t9-/m1/s1. The lowest BCUT2D eigenvalue weighted by Gasteiger charge is -2.17. The molecule has 2 rings (SSSR count). The summed E-state index contributed by atoms with van der Waals surface area (Å²) in [5.41, 5.74) is 1.01. The van der Waals surface area contributed by atoms with Gasteiger partial charge in [-0.2, -0.15) is 0 Å². The first-order chi connectivity index (χ1) is 8.86. The first-order valence-electron chi connectivity index (χ1n) is 6.23. The first kappa shape index (κ1) is 14.3. The highest BCUT2D eigenvalue weighted by molar-refractivity contribution is 7.90. The van der Waals surface area contributed by atoms with E-state index in [4.69, 9.17) is 12.2 Å². The van der Waals surface area contributed by atoms with E-state index < -0.39 is 9.84 Å². The van der Waals surface area contributed by atoms with Crippen LogP contribution in [-0.2, 0) is 9.84 Å². The summed E-state index contributed by atoms with van der Waals surface area (Å²) < 4.78 is 22.7. The Balaban J connectivity index is 1.98. The number of nitrogens with one attached hydrogen (secondary N) is 2. The molecule has 4 nitrogen and oxygen atoms in total. The lowest BCUT2D eigenvalue weighted by Crippen LogP contribution is -2.37. The molecule has 0 spiro atoms. The third-order valence-electron chi connectivity index (χ3n) is 3.07. The molecule has 0 amide bonds. The molecule has 0 aromatic heterocycles. The van der Waals surface area contributed by atoms with E-state index in [0.29, 0.717) is 16.0 Å². The second-order valence-electron chi connectivity index (χ2n) is 4.95. The normalized spacial score (nSPS) is 16.7. The average Bonchev–Trinajstić information content (AvgIpc) is 3.11. The van der Waals surface area contributed by atoms with Crippen molar-refractivity contribution in [2.45, 2.75) is 36.7 Å². The largest absolute Gasteiger partial charge is 0.360 e. The summed E-state index contributed by atoms with van der Waals surface area (Å²) in [7, 11) is -3.13. The van der Waals surface area contributed by atoms with Crippen LogP contribution < -0.4 is 10.6 Å².